The number of rotatable bonds is 44. The maximum absolute atomic E-state index is 12.7. The van der Waals surface area contributed by atoms with Crippen LogP contribution in [0.2, 0.25) is 0 Å². The van der Waals surface area contributed by atoms with Crippen molar-refractivity contribution in [3.63, 3.8) is 0 Å². The van der Waals surface area contributed by atoms with Gasteiger partial charge in [0.2, 0.25) is 0 Å². The number of hydrogen-bond donors (Lipinski definition) is 2. The van der Waals surface area contributed by atoms with Gasteiger partial charge in [-0.15, -0.1) is 0 Å². The minimum atomic E-state index is -0.775. The summed E-state index contributed by atoms with van der Waals surface area (Å²) in [5.74, 6) is -1.42. The summed E-state index contributed by atoms with van der Waals surface area (Å²) in [5.41, 5.74) is -0.664. The highest BCUT2D eigenvalue weighted by atomic mass is 16.4. The Labute approximate surface area is 319 Å². The van der Waals surface area contributed by atoms with Gasteiger partial charge in [-0.3, -0.25) is 9.59 Å². The first-order valence-electron chi connectivity index (χ1n) is 23.4. The molecule has 0 aliphatic heterocycles. The zero-order valence-electron chi connectivity index (χ0n) is 34.9. The van der Waals surface area contributed by atoms with E-state index in [0.29, 0.717) is 19.3 Å². The average molecular weight is 721 g/mol. The molecule has 4 heteroatoms. The zero-order valence-corrected chi connectivity index (χ0v) is 34.9. The van der Waals surface area contributed by atoms with Crippen molar-refractivity contribution in [2.24, 2.45) is 5.41 Å². The molecule has 0 aromatic rings. The summed E-state index contributed by atoms with van der Waals surface area (Å²) >= 11 is 0. The van der Waals surface area contributed by atoms with Gasteiger partial charge in [0.05, 0.1) is 5.41 Å². The van der Waals surface area contributed by atoms with E-state index in [9.17, 15) is 14.7 Å². The molecule has 0 aliphatic carbocycles. The molecule has 0 heterocycles. The summed E-state index contributed by atoms with van der Waals surface area (Å²) in [4.78, 5) is 23.7. The Morgan fingerprint density at radius 3 is 0.706 bits per heavy atom. The van der Waals surface area contributed by atoms with Crippen LogP contribution in [-0.2, 0) is 9.59 Å². The fraction of sp³-hybridized carbons (Fsp3) is 0.957. The van der Waals surface area contributed by atoms with E-state index < -0.39 is 17.4 Å². The van der Waals surface area contributed by atoms with E-state index in [0.717, 1.165) is 38.5 Å². The van der Waals surface area contributed by atoms with E-state index in [2.05, 4.69) is 13.8 Å². The highest BCUT2D eigenvalue weighted by Crippen LogP contribution is 2.38. The predicted octanol–water partition coefficient (Wildman–Crippen LogP) is 16.6. The molecule has 0 aromatic heterocycles. The molecule has 0 atom stereocenters. The first-order valence-corrected chi connectivity index (χ1v) is 23.4. The lowest BCUT2D eigenvalue weighted by Gasteiger charge is -2.30. The summed E-state index contributed by atoms with van der Waals surface area (Å²) in [5, 5.41) is 19.5. The Bertz CT molecular complexity index is 679. The van der Waals surface area contributed by atoms with Crippen molar-refractivity contribution in [3.05, 3.63) is 0 Å². The molecule has 51 heavy (non-hydrogen) atoms. The standard InChI is InChI=1S/C47H92O4/c1-3-5-7-9-11-13-15-17-19-21-23-25-27-29-31-33-35-38-42-47(46(50)51,44-40-37-41-45(48)49)43-39-36-34-32-30-28-26-24-22-20-18-16-14-12-10-8-6-4-2/h3-44H2,1-2H3,(H,48,49)(H,50,51). The van der Waals surface area contributed by atoms with Gasteiger partial charge in [0.1, 0.15) is 0 Å². The van der Waals surface area contributed by atoms with Crippen LogP contribution >= 0.6 is 0 Å². The van der Waals surface area contributed by atoms with Crippen LogP contribution in [0.3, 0.4) is 0 Å². The van der Waals surface area contributed by atoms with Gasteiger partial charge in [-0.05, 0) is 25.7 Å². The maximum Gasteiger partial charge on any atom is 0.309 e. The lowest BCUT2D eigenvalue weighted by molar-refractivity contribution is -0.150. The van der Waals surface area contributed by atoms with E-state index >= 15 is 0 Å². The van der Waals surface area contributed by atoms with Gasteiger partial charge < -0.3 is 10.2 Å². The van der Waals surface area contributed by atoms with Crippen LogP contribution in [0.15, 0.2) is 0 Å². The quantitative estimate of drug-likeness (QED) is 0.0615. The molecule has 304 valence electrons. The topological polar surface area (TPSA) is 74.6 Å². The highest BCUT2D eigenvalue weighted by molar-refractivity contribution is 5.74. The number of carboxylic acids is 2. The monoisotopic (exact) mass is 721 g/mol. The molecule has 0 radical (unpaired) electrons. The molecule has 0 saturated heterocycles. The largest absolute Gasteiger partial charge is 0.481 e. The third-order valence-electron chi connectivity index (χ3n) is 11.8. The summed E-state index contributed by atoms with van der Waals surface area (Å²) in [6.07, 6.45) is 51.9. The molecular formula is C47H92O4. The van der Waals surface area contributed by atoms with Crippen molar-refractivity contribution in [3.8, 4) is 0 Å². The molecule has 2 N–H and O–H groups in total. The Balaban J connectivity index is 4.02. The van der Waals surface area contributed by atoms with Crippen molar-refractivity contribution >= 4 is 11.9 Å². The minimum Gasteiger partial charge on any atom is -0.481 e. The number of unbranched alkanes of at least 4 members (excludes halogenated alkanes) is 35. The van der Waals surface area contributed by atoms with Crippen LogP contribution in [0.5, 0.6) is 0 Å². The molecule has 0 fully saturated rings. The summed E-state index contributed by atoms with van der Waals surface area (Å²) in [7, 11) is 0. The van der Waals surface area contributed by atoms with Gasteiger partial charge in [0, 0.05) is 6.42 Å². The van der Waals surface area contributed by atoms with Gasteiger partial charge in [-0.2, -0.15) is 0 Å². The number of aliphatic carboxylic acids is 2. The lowest BCUT2D eigenvalue weighted by Crippen LogP contribution is -2.31. The van der Waals surface area contributed by atoms with Gasteiger partial charge >= 0.3 is 11.9 Å². The van der Waals surface area contributed by atoms with Crippen LogP contribution in [0, 0.1) is 5.41 Å². The molecule has 0 unspecified atom stereocenters. The van der Waals surface area contributed by atoms with E-state index in [1.165, 1.54) is 205 Å². The fourth-order valence-corrected chi connectivity index (χ4v) is 8.17. The summed E-state index contributed by atoms with van der Waals surface area (Å²) in [6.45, 7) is 4.57. The van der Waals surface area contributed by atoms with Crippen LogP contribution in [-0.4, -0.2) is 22.2 Å². The first kappa shape index (κ1) is 49.9. The molecule has 4 nitrogen and oxygen atoms in total. The van der Waals surface area contributed by atoms with Crippen molar-refractivity contribution in [1.82, 2.24) is 0 Å². The predicted molar refractivity (Wildman–Crippen MR) is 223 cm³/mol. The van der Waals surface area contributed by atoms with Gasteiger partial charge in [0.25, 0.3) is 0 Å². The highest BCUT2D eigenvalue weighted by Gasteiger charge is 2.36. The second-order valence-corrected chi connectivity index (χ2v) is 16.7. The van der Waals surface area contributed by atoms with E-state index in [1.807, 2.05) is 0 Å². The van der Waals surface area contributed by atoms with Crippen LogP contribution < -0.4 is 0 Å². The van der Waals surface area contributed by atoms with Crippen LogP contribution in [0.4, 0.5) is 0 Å². The number of carboxylic acid groups (broad SMARTS) is 2. The number of carbonyl (C=O) groups is 2. The summed E-state index contributed by atoms with van der Waals surface area (Å²) < 4.78 is 0. The van der Waals surface area contributed by atoms with Crippen LogP contribution in [0.25, 0.3) is 0 Å². The zero-order chi connectivity index (χ0) is 37.4. The molecule has 0 saturated carbocycles. The Kier molecular flexibility index (Phi) is 39.3. The molecule has 0 rings (SSSR count). The van der Waals surface area contributed by atoms with Crippen molar-refractivity contribution in [2.75, 3.05) is 0 Å². The van der Waals surface area contributed by atoms with Gasteiger partial charge in [-0.25, -0.2) is 0 Å². The van der Waals surface area contributed by atoms with E-state index in [4.69, 9.17) is 5.11 Å². The third-order valence-corrected chi connectivity index (χ3v) is 11.8. The lowest BCUT2D eigenvalue weighted by atomic mass is 9.74. The Morgan fingerprint density at radius 1 is 0.314 bits per heavy atom. The molecule has 0 aromatic carbocycles. The molecule has 0 amide bonds. The first-order chi connectivity index (χ1) is 25.0. The van der Waals surface area contributed by atoms with E-state index in [1.54, 1.807) is 0 Å². The smallest absolute Gasteiger partial charge is 0.309 e. The van der Waals surface area contributed by atoms with Crippen molar-refractivity contribution in [1.29, 1.82) is 0 Å². The second kappa shape index (κ2) is 40.1. The molecular weight excluding hydrogens is 629 g/mol. The molecule has 0 bridgehead atoms. The van der Waals surface area contributed by atoms with Crippen LogP contribution in [0.1, 0.15) is 284 Å². The minimum absolute atomic E-state index is 0.147. The molecule has 0 aliphatic rings. The Morgan fingerprint density at radius 2 is 0.510 bits per heavy atom. The van der Waals surface area contributed by atoms with Gasteiger partial charge in [0.15, 0.2) is 0 Å². The normalized spacial score (nSPS) is 11.8. The SMILES string of the molecule is CCCCCCCCCCCCCCCCCCCCC(CCCCCCCCCCCCCCCCCCCC)(CCCCC(=O)O)C(=O)O. The average Bonchev–Trinajstić information content (AvgIpc) is 3.11. The van der Waals surface area contributed by atoms with Crippen molar-refractivity contribution < 1.29 is 19.8 Å². The van der Waals surface area contributed by atoms with Crippen molar-refractivity contribution in [2.45, 2.75) is 284 Å². The van der Waals surface area contributed by atoms with E-state index in [-0.39, 0.29) is 6.42 Å². The number of hydrogen-bond acceptors (Lipinski definition) is 2. The van der Waals surface area contributed by atoms with Gasteiger partial charge in [-0.1, -0.05) is 251 Å². The summed E-state index contributed by atoms with van der Waals surface area (Å²) in [6, 6.07) is 0. The second-order valence-electron chi connectivity index (χ2n) is 16.7. The Hall–Kier alpha value is -1.06. The maximum atomic E-state index is 12.7. The molecule has 0 spiro atoms. The third kappa shape index (κ3) is 35.7. The fourth-order valence-electron chi connectivity index (χ4n) is 8.17.